The number of rotatable bonds is 8. The fourth-order valence-corrected chi connectivity index (χ4v) is 4.00. The molecule has 2 N–H and O–H groups in total. The van der Waals surface area contributed by atoms with Gasteiger partial charge in [0, 0.05) is 25.2 Å². The van der Waals surface area contributed by atoms with Gasteiger partial charge in [0.05, 0.1) is 0 Å². The number of hydrogen-bond acceptors (Lipinski definition) is 5. The van der Waals surface area contributed by atoms with Crippen LogP contribution in [0.25, 0.3) is 0 Å². The van der Waals surface area contributed by atoms with Gasteiger partial charge in [-0.3, -0.25) is 0 Å². The molecule has 1 saturated carbocycles. The Labute approximate surface area is 125 Å². The predicted octanol–water partition coefficient (Wildman–Crippen LogP) is 1.23. The van der Waals surface area contributed by atoms with Crippen molar-refractivity contribution in [1.29, 1.82) is 0 Å². The molecule has 1 fully saturated rings. The third-order valence-corrected chi connectivity index (χ3v) is 6.43. The second kappa shape index (κ2) is 6.53. The van der Waals surface area contributed by atoms with Crippen molar-refractivity contribution in [3.63, 3.8) is 0 Å². The van der Waals surface area contributed by atoms with E-state index in [-0.39, 0.29) is 6.04 Å². The highest BCUT2D eigenvalue weighted by Crippen LogP contribution is 2.23. The van der Waals surface area contributed by atoms with Crippen LogP contribution in [0.1, 0.15) is 25.3 Å². The van der Waals surface area contributed by atoms with Crippen molar-refractivity contribution in [1.82, 2.24) is 14.9 Å². The summed E-state index contributed by atoms with van der Waals surface area (Å²) in [5, 5.41) is 5.30. The Kier molecular flexibility index (Phi) is 5.19. The normalized spacial score (nSPS) is 17.6. The molecule has 0 spiro atoms. The van der Waals surface area contributed by atoms with Crippen LogP contribution in [0.15, 0.2) is 15.7 Å². The maximum atomic E-state index is 12.2. The van der Waals surface area contributed by atoms with E-state index in [1.165, 1.54) is 24.2 Å². The van der Waals surface area contributed by atoms with E-state index in [1.54, 1.807) is 6.07 Å². The van der Waals surface area contributed by atoms with Crippen molar-refractivity contribution in [3.8, 4) is 0 Å². The van der Waals surface area contributed by atoms with Crippen molar-refractivity contribution in [3.05, 3.63) is 17.0 Å². The molecule has 1 aliphatic carbocycles. The van der Waals surface area contributed by atoms with Gasteiger partial charge in [0.15, 0.2) is 0 Å². The number of likely N-dealkylation sites (N-methyl/N-ethyl adjacent to an activating group) is 1. The maximum absolute atomic E-state index is 12.2. The minimum Gasteiger partial charge on any atom is -0.310 e. The average molecular weight is 317 g/mol. The fourth-order valence-electron chi connectivity index (χ4n) is 1.62. The van der Waals surface area contributed by atoms with Gasteiger partial charge in [-0.05, 0) is 50.9 Å². The summed E-state index contributed by atoms with van der Waals surface area (Å²) in [6.07, 6.45) is 2.47. The van der Waals surface area contributed by atoms with Crippen LogP contribution in [-0.4, -0.2) is 46.0 Å². The van der Waals surface area contributed by atoms with Crippen LogP contribution < -0.4 is 10.0 Å². The Hall–Kier alpha value is -0.470. The Bertz CT molecular complexity index is 536. The lowest BCUT2D eigenvalue weighted by Crippen LogP contribution is -2.37. The molecule has 0 bridgehead atoms. The molecule has 114 valence electrons. The van der Waals surface area contributed by atoms with Crippen LogP contribution in [0.5, 0.6) is 0 Å². The van der Waals surface area contributed by atoms with Crippen LogP contribution in [0.3, 0.4) is 0 Å². The molecule has 1 unspecified atom stereocenters. The highest BCUT2D eigenvalue weighted by molar-refractivity contribution is 7.91. The molecule has 0 amide bonds. The minimum atomic E-state index is -3.38. The minimum absolute atomic E-state index is 0.167. The van der Waals surface area contributed by atoms with E-state index in [4.69, 9.17) is 0 Å². The summed E-state index contributed by atoms with van der Waals surface area (Å²) in [5.41, 5.74) is 1.04. The molecular formula is C13H23N3O2S2. The molecule has 0 radical (unpaired) electrons. The van der Waals surface area contributed by atoms with Gasteiger partial charge in [0.1, 0.15) is 4.21 Å². The molecular weight excluding hydrogens is 294 g/mol. The largest absolute Gasteiger partial charge is 0.310 e. The van der Waals surface area contributed by atoms with Gasteiger partial charge in [-0.15, -0.1) is 11.3 Å². The number of sulfonamides is 1. The Morgan fingerprint density at radius 1 is 1.45 bits per heavy atom. The van der Waals surface area contributed by atoms with Gasteiger partial charge in [0.25, 0.3) is 0 Å². The summed E-state index contributed by atoms with van der Waals surface area (Å²) in [5.74, 6) is 0. The summed E-state index contributed by atoms with van der Waals surface area (Å²) in [4.78, 5) is 1.99. The van der Waals surface area contributed by atoms with Crippen molar-refractivity contribution in [2.75, 3.05) is 20.6 Å². The van der Waals surface area contributed by atoms with E-state index in [0.717, 1.165) is 12.1 Å². The van der Waals surface area contributed by atoms with Crippen LogP contribution in [0.4, 0.5) is 0 Å². The third kappa shape index (κ3) is 4.53. The molecule has 1 atom stereocenters. The molecule has 1 heterocycles. The van der Waals surface area contributed by atoms with E-state index in [0.29, 0.717) is 16.8 Å². The number of nitrogens with one attached hydrogen (secondary N) is 2. The number of thiophene rings is 1. The Morgan fingerprint density at radius 2 is 2.15 bits per heavy atom. The molecule has 5 nitrogen and oxygen atoms in total. The van der Waals surface area contributed by atoms with Crippen LogP contribution in [-0.2, 0) is 16.6 Å². The molecule has 0 aliphatic heterocycles. The summed E-state index contributed by atoms with van der Waals surface area (Å²) in [6, 6.07) is 2.57. The third-order valence-electron chi connectivity index (χ3n) is 3.52. The summed E-state index contributed by atoms with van der Waals surface area (Å²) in [6.45, 7) is 3.16. The van der Waals surface area contributed by atoms with Crippen molar-refractivity contribution >= 4 is 21.4 Å². The van der Waals surface area contributed by atoms with Crippen molar-refractivity contribution in [2.45, 2.75) is 42.6 Å². The lowest BCUT2D eigenvalue weighted by atomic mass is 10.3. The van der Waals surface area contributed by atoms with Gasteiger partial charge in [-0.25, -0.2) is 13.1 Å². The molecule has 1 aliphatic rings. The Morgan fingerprint density at radius 3 is 2.75 bits per heavy atom. The van der Waals surface area contributed by atoms with E-state index in [1.807, 2.05) is 31.3 Å². The molecule has 7 heteroatoms. The SMILES string of the molecule is CC(CNS(=O)(=O)c1cc(CNC2CC2)cs1)N(C)C. The van der Waals surface area contributed by atoms with E-state index < -0.39 is 10.0 Å². The Balaban J connectivity index is 1.90. The fraction of sp³-hybridized carbons (Fsp3) is 0.692. The van der Waals surface area contributed by atoms with E-state index in [2.05, 4.69) is 10.0 Å². The summed E-state index contributed by atoms with van der Waals surface area (Å²) < 4.78 is 27.4. The zero-order chi connectivity index (χ0) is 14.8. The van der Waals surface area contributed by atoms with Gasteiger partial charge in [-0.1, -0.05) is 0 Å². The van der Waals surface area contributed by atoms with Crippen molar-refractivity contribution in [2.24, 2.45) is 0 Å². The highest BCUT2D eigenvalue weighted by atomic mass is 32.2. The van der Waals surface area contributed by atoms with Crippen LogP contribution in [0, 0.1) is 0 Å². The van der Waals surface area contributed by atoms with Gasteiger partial charge >= 0.3 is 0 Å². The maximum Gasteiger partial charge on any atom is 0.250 e. The lowest BCUT2D eigenvalue weighted by molar-refractivity contribution is 0.314. The first-order valence-electron chi connectivity index (χ1n) is 6.85. The smallest absolute Gasteiger partial charge is 0.250 e. The summed E-state index contributed by atoms with van der Waals surface area (Å²) in [7, 11) is 0.496. The second-order valence-corrected chi connectivity index (χ2v) is 8.50. The zero-order valence-corrected chi connectivity index (χ0v) is 13.9. The van der Waals surface area contributed by atoms with E-state index in [9.17, 15) is 8.42 Å². The first kappa shape index (κ1) is 15.9. The van der Waals surface area contributed by atoms with Crippen molar-refractivity contribution < 1.29 is 8.42 Å². The van der Waals surface area contributed by atoms with Gasteiger partial charge < -0.3 is 10.2 Å². The number of hydrogen-bond donors (Lipinski definition) is 2. The predicted molar refractivity (Wildman–Crippen MR) is 82.5 cm³/mol. The lowest BCUT2D eigenvalue weighted by Gasteiger charge is -2.19. The quantitative estimate of drug-likeness (QED) is 0.757. The average Bonchev–Trinajstić information content (AvgIpc) is 3.09. The summed E-state index contributed by atoms with van der Waals surface area (Å²) >= 11 is 1.28. The standard InChI is InChI=1S/C13H23N3O2S2/c1-10(16(2)3)7-15-20(17,18)13-6-11(9-19-13)8-14-12-4-5-12/h6,9-10,12,14-15H,4-5,7-8H2,1-3H3. The van der Waals surface area contributed by atoms with Crippen LogP contribution >= 0.6 is 11.3 Å². The first-order chi connectivity index (χ1) is 9.38. The second-order valence-electron chi connectivity index (χ2n) is 5.59. The topological polar surface area (TPSA) is 61.4 Å². The molecule has 1 aromatic heterocycles. The molecule has 0 saturated heterocycles. The molecule has 2 rings (SSSR count). The molecule has 20 heavy (non-hydrogen) atoms. The molecule has 0 aromatic carbocycles. The van der Waals surface area contributed by atoms with E-state index >= 15 is 0 Å². The highest BCUT2D eigenvalue weighted by Gasteiger charge is 2.21. The monoisotopic (exact) mass is 317 g/mol. The van der Waals surface area contributed by atoms with Gasteiger partial charge in [-0.2, -0.15) is 0 Å². The molecule has 1 aromatic rings. The van der Waals surface area contributed by atoms with Gasteiger partial charge in [0.2, 0.25) is 10.0 Å². The first-order valence-corrected chi connectivity index (χ1v) is 9.21. The number of nitrogens with zero attached hydrogens (tertiary/aromatic N) is 1. The van der Waals surface area contributed by atoms with Crippen LogP contribution in [0.2, 0.25) is 0 Å². The zero-order valence-electron chi connectivity index (χ0n) is 12.2.